The molecular formula is C80H153N5O2. The first kappa shape index (κ1) is 104. The van der Waals surface area contributed by atoms with Crippen LogP contribution in [-0.2, 0) is 41.3 Å². The lowest BCUT2D eigenvalue weighted by Gasteiger charge is -2.39. The number of hydrogen-bond acceptors (Lipinski definition) is 4. The molecule has 87 heavy (non-hydrogen) atoms. The Kier molecular flexibility index (Phi) is 83.5. The van der Waals surface area contributed by atoms with Crippen LogP contribution in [0.1, 0.15) is 314 Å². The maximum absolute atomic E-state index is 12.7. The van der Waals surface area contributed by atoms with Gasteiger partial charge in [-0.25, -0.2) is 4.79 Å². The number of urea groups is 1. The first-order valence-corrected chi connectivity index (χ1v) is 36.0. The Balaban J connectivity index is -0.000000117. The van der Waals surface area contributed by atoms with Crippen LogP contribution >= 0.6 is 0 Å². The Morgan fingerprint density at radius 1 is 0.391 bits per heavy atom. The van der Waals surface area contributed by atoms with E-state index in [1.807, 2.05) is 291 Å². The summed E-state index contributed by atoms with van der Waals surface area (Å²) in [5.41, 5.74) is 12.5. The monoisotopic (exact) mass is 1220 g/mol. The lowest BCUT2D eigenvalue weighted by atomic mass is 9.69. The van der Waals surface area contributed by atoms with Crippen LogP contribution in [0, 0.1) is 5.41 Å². The zero-order chi connectivity index (χ0) is 71.0. The lowest BCUT2D eigenvalue weighted by molar-refractivity contribution is -0.139. The highest BCUT2D eigenvalue weighted by Crippen LogP contribution is 2.47. The Morgan fingerprint density at radius 2 is 0.655 bits per heavy atom. The van der Waals surface area contributed by atoms with E-state index in [-0.39, 0.29) is 28.2 Å². The van der Waals surface area contributed by atoms with Crippen LogP contribution in [0.5, 0.6) is 0 Å². The van der Waals surface area contributed by atoms with Crippen molar-refractivity contribution in [1.82, 2.24) is 24.7 Å². The molecule has 0 fully saturated rings. The third-order valence-corrected chi connectivity index (χ3v) is 12.5. The molecule has 2 atom stereocenters. The van der Waals surface area contributed by atoms with E-state index in [1.54, 1.807) is 4.90 Å². The molecule has 3 amide bonds. The normalized spacial score (nSPS) is 14.9. The minimum absolute atomic E-state index is 0.0789. The maximum atomic E-state index is 12.7. The van der Waals surface area contributed by atoms with Crippen molar-refractivity contribution in [3.63, 3.8) is 0 Å². The summed E-state index contributed by atoms with van der Waals surface area (Å²) < 4.78 is 0. The topological polar surface area (TPSA) is 69.6 Å². The van der Waals surface area contributed by atoms with E-state index in [4.69, 9.17) is 9.97 Å². The average Bonchev–Trinajstić information content (AvgIpc) is 1.93. The standard InChI is InChI=1S/C25H30N2O.C23H27N3O.16C2H6/c1-24(2,3)23(28)27-16-13-20(14-17-27)25(4)21-10-6-5-8-18(21)11-12-19-9-7-15-26-22(19)25;1-23(19-12-15-26(16-13-19)22(27)25(2)3)20-9-5-4-7-17(20)10-11-18-8-6-14-24-21(18)23;16*1-2/h5-10,13,15H,11-12,14,16-17H2,1-4H3;4-9,12,14H,10-11,13,15-16H2,1-3H3;16*1-2H3. The van der Waals surface area contributed by atoms with Gasteiger partial charge in [-0.3, -0.25) is 14.8 Å². The van der Waals surface area contributed by atoms with Crippen LogP contribution in [0.4, 0.5) is 4.79 Å². The van der Waals surface area contributed by atoms with E-state index < -0.39 is 0 Å². The molecule has 4 aliphatic rings. The number of carbonyl (C=O) groups excluding carboxylic acids is 2. The summed E-state index contributed by atoms with van der Waals surface area (Å²) in [6.45, 7) is 77.5. The Morgan fingerprint density at radius 3 is 0.920 bits per heavy atom. The Bertz CT molecular complexity index is 2050. The van der Waals surface area contributed by atoms with Gasteiger partial charge >= 0.3 is 6.03 Å². The number of hydrogen-bond donors (Lipinski definition) is 0. The second kappa shape index (κ2) is 70.1. The molecule has 0 N–H and O–H groups in total. The maximum Gasteiger partial charge on any atom is 0.319 e. The molecule has 4 aromatic rings. The van der Waals surface area contributed by atoms with Crippen molar-refractivity contribution in [2.45, 2.75) is 306 Å². The van der Waals surface area contributed by atoms with Gasteiger partial charge in [0.25, 0.3) is 0 Å². The predicted octanol–water partition coefficient (Wildman–Crippen LogP) is 24.9. The van der Waals surface area contributed by atoms with Crippen LogP contribution < -0.4 is 0 Å². The average molecular weight is 1220 g/mol. The van der Waals surface area contributed by atoms with Crippen LogP contribution in [0.15, 0.2) is 108 Å². The number of rotatable bonds is 2. The van der Waals surface area contributed by atoms with Crippen LogP contribution in [0.25, 0.3) is 0 Å². The van der Waals surface area contributed by atoms with Gasteiger partial charge < -0.3 is 14.7 Å². The van der Waals surface area contributed by atoms with Gasteiger partial charge in [0, 0.05) is 58.1 Å². The fourth-order valence-corrected chi connectivity index (χ4v) is 9.44. The molecule has 2 aliphatic carbocycles. The van der Waals surface area contributed by atoms with Crippen molar-refractivity contribution in [3.8, 4) is 0 Å². The van der Waals surface area contributed by atoms with Gasteiger partial charge in [0.1, 0.15) is 0 Å². The second-order valence-corrected chi connectivity index (χ2v) is 17.2. The van der Waals surface area contributed by atoms with Crippen molar-refractivity contribution < 1.29 is 9.59 Å². The van der Waals surface area contributed by atoms with Crippen molar-refractivity contribution >= 4 is 11.9 Å². The predicted molar refractivity (Wildman–Crippen MR) is 403 cm³/mol. The molecule has 7 heteroatoms. The molecule has 2 aromatic heterocycles. The summed E-state index contributed by atoms with van der Waals surface area (Å²) in [4.78, 5) is 40.3. The smallest absolute Gasteiger partial charge is 0.319 e. The number of fused-ring (bicyclic) bond motifs is 4. The lowest BCUT2D eigenvalue weighted by Crippen LogP contribution is -2.43. The van der Waals surface area contributed by atoms with Crippen molar-refractivity contribution in [3.05, 3.63) is 153 Å². The highest BCUT2D eigenvalue weighted by molar-refractivity contribution is 5.82. The number of amides is 3. The SMILES string of the molecule is CC.CC.CC.CC.CC.CC.CC.CC.CC.CC.CC.CC.CC.CC.CC.CC.CC(C)(C)C(=O)N1CC=C(C2(C)c3ccccc3CCc3cccnc32)CC1.CN(C)C(=O)N1CC=C(C2(C)c3ccccc3CCc3cccnc32)CC1. The van der Waals surface area contributed by atoms with E-state index >= 15 is 0 Å². The van der Waals surface area contributed by atoms with Crippen molar-refractivity contribution in [1.29, 1.82) is 0 Å². The third-order valence-electron chi connectivity index (χ3n) is 12.5. The molecule has 4 heterocycles. The van der Waals surface area contributed by atoms with Gasteiger partial charge in [0.15, 0.2) is 0 Å². The second-order valence-electron chi connectivity index (χ2n) is 17.2. The van der Waals surface area contributed by atoms with Gasteiger partial charge in [-0.15, -0.1) is 0 Å². The molecule has 0 spiro atoms. The Hall–Kier alpha value is -5.04. The van der Waals surface area contributed by atoms with Crippen LogP contribution in [0.2, 0.25) is 0 Å². The highest BCUT2D eigenvalue weighted by atomic mass is 16.2. The molecule has 8 rings (SSSR count). The number of pyridine rings is 2. The summed E-state index contributed by atoms with van der Waals surface area (Å²) in [6.07, 6.45) is 14.3. The van der Waals surface area contributed by atoms with E-state index in [1.165, 1.54) is 55.9 Å². The molecular weight excluding hydrogens is 1060 g/mol. The highest BCUT2D eigenvalue weighted by Gasteiger charge is 2.42. The third kappa shape index (κ3) is 33.4. The minimum atomic E-state index is -0.335. The fraction of sp³-hybridized carbons (Fsp3) is 0.650. The fourth-order valence-electron chi connectivity index (χ4n) is 9.44. The molecule has 2 unspecified atom stereocenters. The summed E-state index contributed by atoms with van der Waals surface area (Å²) in [5, 5.41) is 0. The first-order valence-electron chi connectivity index (χ1n) is 36.0. The zero-order valence-electron chi connectivity index (χ0n) is 65.9. The Labute approximate surface area is 548 Å². The molecule has 2 aliphatic heterocycles. The summed E-state index contributed by atoms with van der Waals surface area (Å²) in [5.74, 6) is 0.229. The van der Waals surface area contributed by atoms with E-state index in [9.17, 15) is 9.59 Å². The van der Waals surface area contributed by atoms with Crippen LogP contribution in [0.3, 0.4) is 0 Å². The first-order chi connectivity index (χ1) is 42.3. The molecule has 2 aromatic carbocycles. The summed E-state index contributed by atoms with van der Waals surface area (Å²) in [6, 6.07) is 26.2. The number of benzene rings is 2. The van der Waals surface area contributed by atoms with Gasteiger partial charge in [-0.05, 0) is 97.9 Å². The summed E-state index contributed by atoms with van der Waals surface area (Å²) in [7, 11) is 3.62. The number of aromatic nitrogens is 2. The van der Waals surface area contributed by atoms with Gasteiger partial charge in [-0.2, -0.15) is 0 Å². The van der Waals surface area contributed by atoms with Gasteiger partial charge in [-0.1, -0.05) is 326 Å². The number of nitrogens with zero attached hydrogens (tertiary/aromatic N) is 5. The summed E-state index contributed by atoms with van der Waals surface area (Å²) >= 11 is 0. The quantitative estimate of drug-likeness (QED) is 0.188. The number of aryl methyl sites for hydroxylation is 4. The van der Waals surface area contributed by atoms with E-state index in [2.05, 4.69) is 86.7 Å². The molecule has 0 radical (unpaired) electrons. The number of carbonyl (C=O) groups is 2. The molecule has 0 saturated carbocycles. The largest absolute Gasteiger partial charge is 0.338 e. The molecule has 7 nitrogen and oxygen atoms in total. The molecule has 510 valence electrons. The van der Waals surface area contributed by atoms with Crippen molar-refractivity contribution in [2.75, 3.05) is 40.3 Å². The molecule has 0 bridgehead atoms. The van der Waals surface area contributed by atoms with Gasteiger partial charge in [0.2, 0.25) is 5.91 Å². The van der Waals surface area contributed by atoms with Gasteiger partial charge in [0.05, 0.1) is 22.2 Å². The van der Waals surface area contributed by atoms with E-state index in [0.717, 1.165) is 51.6 Å². The van der Waals surface area contributed by atoms with Crippen molar-refractivity contribution in [2.24, 2.45) is 5.41 Å². The van der Waals surface area contributed by atoms with E-state index in [0.29, 0.717) is 13.1 Å². The molecule has 0 saturated heterocycles. The van der Waals surface area contributed by atoms with Crippen LogP contribution in [-0.4, -0.2) is 76.9 Å². The minimum Gasteiger partial charge on any atom is -0.338 e. The zero-order valence-corrected chi connectivity index (χ0v) is 65.9.